The molecule has 0 bridgehead atoms. The van der Waals surface area contributed by atoms with Gasteiger partial charge in [-0.2, -0.15) is 0 Å². The lowest BCUT2D eigenvalue weighted by Crippen LogP contribution is -2.48. The van der Waals surface area contributed by atoms with Crippen LogP contribution in [0.15, 0.2) is 30.5 Å². The van der Waals surface area contributed by atoms with Crippen molar-refractivity contribution in [2.24, 2.45) is 0 Å². The van der Waals surface area contributed by atoms with Gasteiger partial charge in [0.2, 0.25) is 0 Å². The normalized spacial score (nSPS) is 23.1. The van der Waals surface area contributed by atoms with Crippen LogP contribution in [0.2, 0.25) is 10.0 Å². The molecular formula is C19H21Cl2FN2O3. The minimum Gasteiger partial charge on any atom is -0.387 e. The summed E-state index contributed by atoms with van der Waals surface area (Å²) in [7, 11) is 1.55. The van der Waals surface area contributed by atoms with Crippen LogP contribution in [0.1, 0.15) is 41.3 Å². The number of hydrogen-bond donors (Lipinski definition) is 3. The van der Waals surface area contributed by atoms with Crippen molar-refractivity contribution in [3.8, 4) is 0 Å². The highest BCUT2D eigenvalue weighted by Crippen LogP contribution is 2.43. The third kappa shape index (κ3) is 4.11. The summed E-state index contributed by atoms with van der Waals surface area (Å²) < 4.78 is 20.9. The highest BCUT2D eigenvalue weighted by atomic mass is 35.5. The Kier molecular flexibility index (Phi) is 6.35. The average molecular weight is 415 g/mol. The third-order valence-corrected chi connectivity index (χ3v) is 5.40. The molecule has 2 aromatic rings. The number of pyridine rings is 1. The summed E-state index contributed by atoms with van der Waals surface area (Å²) in [5, 5.41) is 24.4. The number of benzene rings is 1. The van der Waals surface area contributed by atoms with Gasteiger partial charge in [-0.1, -0.05) is 29.3 Å². The quantitative estimate of drug-likeness (QED) is 0.629. The van der Waals surface area contributed by atoms with E-state index in [9.17, 15) is 10.2 Å². The van der Waals surface area contributed by atoms with E-state index >= 15 is 4.39 Å². The maximum atomic E-state index is 15.7. The third-order valence-electron chi connectivity index (χ3n) is 4.84. The van der Waals surface area contributed by atoms with E-state index in [0.717, 1.165) is 5.56 Å². The first-order chi connectivity index (χ1) is 12.9. The molecule has 1 heterocycles. The van der Waals surface area contributed by atoms with Gasteiger partial charge in [0.15, 0.2) is 5.67 Å². The lowest BCUT2D eigenvalue weighted by Gasteiger charge is -2.37. The summed E-state index contributed by atoms with van der Waals surface area (Å²) in [6, 6.07) is 6.45. The minimum atomic E-state index is -2.07. The maximum Gasteiger partial charge on any atom is 0.176 e. The summed E-state index contributed by atoms with van der Waals surface area (Å²) in [5.74, 6) is 0. The molecule has 0 saturated carbocycles. The summed E-state index contributed by atoms with van der Waals surface area (Å²) in [6.07, 6.45) is -0.694. The highest BCUT2D eigenvalue weighted by molar-refractivity contribution is 6.35. The molecule has 3 rings (SSSR count). The molecule has 0 radical (unpaired) electrons. The zero-order valence-electron chi connectivity index (χ0n) is 14.8. The predicted octanol–water partition coefficient (Wildman–Crippen LogP) is 3.64. The molecule has 1 aliphatic carbocycles. The number of alkyl halides is 1. The Morgan fingerprint density at radius 3 is 2.96 bits per heavy atom. The van der Waals surface area contributed by atoms with Crippen molar-refractivity contribution in [1.82, 2.24) is 10.3 Å². The number of aromatic nitrogens is 1. The van der Waals surface area contributed by atoms with Gasteiger partial charge < -0.3 is 14.9 Å². The molecule has 1 aromatic heterocycles. The molecule has 27 heavy (non-hydrogen) atoms. The molecule has 5 nitrogen and oxygen atoms in total. The Balaban J connectivity index is 1.83. The standard InChI is InChI=1S/C19H21Cl2FN2O3/c1-27-10-11-7-12(20)8-15(21)13(11)9-24-18(26)19(22)5-4-16(25)17-14(19)3-2-6-23-17/h2-3,6-8,16,18,24-26H,4-5,9-10H2,1H3. The molecular weight excluding hydrogens is 394 g/mol. The van der Waals surface area contributed by atoms with Gasteiger partial charge in [-0.3, -0.25) is 10.3 Å². The smallest absolute Gasteiger partial charge is 0.176 e. The first-order valence-corrected chi connectivity index (χ1v) is 9.32. The molecule has 3 atom stereocenters. The van der Waals surface area contributed by atoms with Crippen LogP contribution >= 0.6 is 23.2 Å². The van der Waals surface area contributed by atoms with Crippen molar-refractivity contribution in [1.29, 1.82) is 0 Å². The van der Waals surface area contributed by atoms with E-state index in [4.69, 9.17) is 27.9 Å². The number of fused-ring (bicyclic) bond motifs is 1. The molecule has 0 saturated heterocycles. The Hall–Kier alpha value is -1.28. The Labute approximate surface area is 167 Å². The Morgan fingerprint density at radius 1 is 1.44 bits per heavy atom. The molecule has 3 unspecified atom stereocenters. The van der Waals surface area contributed by atoms with E-state index < -0.39 is 18.0 Å². The van der Waals surface area contributed by atoms with Crippen molar-refractivity contribution < 1.29 is 19.3 Å². The second kappa shape index (κ2) is 8.39. The number of ether oxygens (including phenoxy) is 1. The Bertz CT molecular complexity index is 824. The van der Waals surface area contributed by atoms with Crippen LogP contribution in [0.25, 0.3) is 0 Å². The summed E-state index contributed by atoms with van der Waals surface area (Å²) in [5.41, 5.74) is -0.181. The van der Waals surface area contributed by atoms with Gasteiger partial charge in [-0.05, 0) is 42.2 Å². The van der Waals surface area contributed by atoms with Gasteiger partial charge in [0.25, 0.3) is 0 Å². The van der Waals surface area contributed by atoms with Crippen molar-refractivity contribution in [2.75, 3.05) is 7.11 Å². The Morgan fingerprint density at radius 2 is 2.22 bits per heavy atom. The number of halogens is 3. The zero-order valence-corrected chi connectivity index (χ0v) is 16.3. The van der Waals surface area contributed by atoms with E-state index in [1.165, 1.54) is 6.20 Å². The fourth-order valence-electron chi connectivity index (χ4n) is 3.44. The number of nitrogens with zero attached hydrogens (tertiary/aromatic N) is 1. The number of rotatable bonds is 6. The first kappa shape index (κ1) is 20.5. The van der Waals surface area contributed by atoms with Crippen molar-refractivity contribution >= 4 is 23.2 Å². The van der Waals surface area contributed by atoms with E-state index in [1.54, 1.807) is 31.4 Å². The van der Waals surface area contributed by atoms with Gasteiger partial charge in [0.05, 0.1) is 18.4 Å². The van der Waals surface area contributed by atoms with E-state index in [2.05, 4.69) is 10.3 Å². The number of aliphatic hydroxyl groups excluding tert-OH is 2. The van der Waals surface area contributed by atoms with Crippen LogP contribution < -0.4 is 5.32 Å². The van der Waals surface area contributed by atoms with Crippen molar-refractivity contribution in [2.45, 2.75) is 44.0 Å². The van der Waals surface area contributed by atoms with Crippen LogP contribution in [0.5, 0.6) is 0 Å². The fourth-order valence-corrected chi connectivity index (χ4v) is 4.04. The predicted molar refractivity (Wildman–Crippen MR) is 101 cm³/mol. The molecule has 1 aromatic carbocycles. The molecule has 0 amide bonds. The van der Waals surface area contributed by atoms with Crippen molar-refractivity contribution in [3.05, 3.63) is 62.9 Å². The largest absolute Gasteiger partial charge is 0.387 e. The maximum absolute atomic E-state index is 15.7. The topological polar surface area (TPSA) is 74.6 Å². The molecule has 0 spiro atoms. The van der Waals surface area contributed by atoms with Crippen LogP contribution in [-0.4, -0.2) is 28.5 Å². The first-order valence-electron chi connectivity index (χ1n) is 8.56. The number of aliphatic hydroxyl groups is 2. The summed E-state index contributed by atoms with van der Waals surface area (Å²) in [4.78, 5) is 4.08. The van der Waals surface area contributed by atoms with E-state index in [-0.39, 0.29) is 37.3 Å². The van der Waals surface area contributed by atoms with Gasteiger partial charge in [-0.25, -0.2) is 4.39 Å². The summed E-state index contributed by atoms with van der Waals surface area (Å²) in [6.45, 7) is 0.410. The number of methoxy groups -OCH3 is 1. The van der Waals surface area contributed by atoms with Gasteiger partial charge in [-0.15, -0.1) is 0 Å². The van der Waals surface area contributed by atoms with Crippen LogP contribution in [0.3, 0.4) is 0 Å². The van der Waals surface area contributed by atoms with Gasteiger partial charge in [0.1, 0.15) is 6.23 Å². The minimum absolute atomic E-state index is 0.0275. The second-order valence-corrected chi connectivity index (χ2v) is 7.44. The number of hydrogen-bond acceptors (Lipinski definition) is 5. The summed E-state index contributed by atoms with van der Waals surface area (Å²) >= 11 is 12.3. The van der Waals surface area contributed by atoms with Crippen LogP contribution in [0.4, 0.5) is 4.39 Å². The van der Waals surface area contributed by atoms with E-state index in [1.807, 2.05) is 0 Å². The number of nitrogens with one attached hydrogen (secondary N) is 1. The van der Waals surface area contributed by atoms with Crippen LogP contribution in [-0.2, 0) is 23.6 Å². The van der Waals surface area contributed by atoms with Crippen molar-refractivity contribution in [3.63, 3.8) is 0 Å². The molecule has 1 aliphatic rings. The van der Waals surface area contributed by atoms with Gasteiger partial charge in [0, 0.05) is 35.5 Å². The fraction of sp³-hybridized carbons (Fsp3) is 0.421. The zero-order chi connectivity index (χ0) is 19.6. The SMILES string of the molecule is COCc1cc(Cl)cc(Cl)c1CNC(O)C1(F)CCC(O)c2ncccc21. The lowest BCUT2D eigenvalue weighted by molar-refractivity contribution is -0.0592. The highest BCUT2D eigenvalue weighted by Gasteiger charge is 2.46. The van der Waals surface area contributed by atoms with Gasteiger partial charge >= 0.3 is 0 Å². The average Bonchev–Trinajstić information content (AvgIpc) is 2.64. The molecule has 3 N–H and O–H groups in total. The molecule has 8 heteroatoms. The second-order valence-electron chi connectivity index (χ2n) is 6.59. The monoisotopic (exact) mass is 414 g/mol. The van der Waals surface area contributed by atoms with E-state index in [0.29, 0.717) is 15.6 Å². The van der Waals surface area contributed by atoms with Crippen LogP contribution in [0, 0.1) is 0 Å². The molecule has 146 valence electrons. The molecule has 0 fully saturated rings. The molecule has 0 aliphatic heterocycles. The lowest BCUT2D eigenvalue weighted by atomic mass is 9.80.